The maximum absolute atomic E-state index is 14.8. The summed E-state index contributed by atoms with van der Waals surface area (Å²) in [6.45, 7) is 6.88. The average molecular weight is 642 g/mol. The van der Waals surface area contributed by atoms with Gasteiger partial charge in [0.1, 0.15) is 0 Å². The smallest absolute Gasteiger partial charge is 0.264 e. The number of carbonyl (C=O) groups excluding carboxylic acids is 3. The standard InChI is InChI=1S/C36H43N3O6Si/c1-25-34(46(2,3)44)31(22-33(42)37(19-20-40)23-26-11-6-4-7-12-26)45-36(25)29-21-28(38-18-10-15-32(38)41)16-17-30(29)39(35(36)43)24-27-13-8-5-9-14-27/h4-9,11-14,16-17,21,25,31,34,40,44H,10,15,18-20,22-24H2,1-3H3/t25-,31+,34-,36+/m0/s1. The number of anilines is 2. The first-order valence-electron chi connectivity index (χ1n) is 16.2. The van der Waals surface area contributed by atoms with E-state index in [1.807, 2.05) is 98.9 Å². The topological polar surface area (TPSA) is 111 Å². The molecule has 4 atom stereocenters. The van der Waals surface area contributed by atoms with Crippen molar-refractivity contribution < 1.29 is 29.0 Å². The SMILES string of the molecule is C[C@H]1[C@H]([Si](C)(C)O)[C@@H](CC(=O)N(CCO)Cc2ccccc2)O[C@]12C(=O)N(Cc1ccccc1)c1ccc(N3CCCC3=O)cc12. The molecule has 2 N–H and O–H groups in total. The van der Waals surface area contributed by atoms with E-state index in [1.54, 1.807) is 14.7 Å². The van der Waals surface area contributed by atoms with Crippen molar-refractivity contribution in [3.8, 4) is 0 Å². The Morgan fingerprint density at radius 1 is 1.02 bits per heavy atom. The molecule has 10 heteroatoms. The highest BCUT2D eigenvalue weighted by Crippen LogP contribution is 2.60. The van der Waals surface area contributed by atoms with Crippen LogP contribution in [0.15, 0.2) is 78.9 Å². The molecular formula is C36H43N3O6Si. The normalized spacial score (nSPS) is 24.2. The van der Waals surface area contributed by atoms with Crippen LogP contribution >= 0.6 is 0 Å². The number of rotatable bonds is 10. The minimum atomic E-state index is -3.02. The molecular weight excluding hydrogens is 598 g/mol. The Labute approximate surface area is 271 Å². The number of nitrogens with zero attached hydrogens (tertiary/aromatic N) is 3. The van der Waals surface area contributed by atoms with Gasteiger partial charge in [0.25, 0.3) is 5.91 Å². The van der Waals surface area contributed by atoms with Crippen LogP contribution in [0.4, 0.5) is 11.4 Å². The van der Waals surface area contributed by atoms with Gasteiger partial charge in [0.05, 0.1) is 31.4 Å². The van der Waals surface area contributed by atoms with Gasteiger partial charge in [0.2, 0.25) is 11.8 Å². The minimum Gasteiger partial charge on any atom is -0.432 e. The fourth-order valence-corrected chi connectivity index (χ4v) is 10.3. The van der Waals surface area contributed by atoms with Gasteiger partial charge in [-0.2, -0.15) is 0 Å². The lowest BCUT2D eigenvalue weighted by Gasteiger charge is -2.33. The Kier molecular flexibility index (Phi) is 8.91. The molecule has 0 aliphatic carbocycles. The van der Waals surface area contributed by atoms with Crippen molar-refractivity contribution in [2.45, 2.75) is 69.6 Å². The fraction of sp³-hybridized carbons (Fsp3) is 0.417. The second-order valence-electron chi connectivity index (χ2n) is 13.3. The molecule has 0 bridgehead atoms. The van der Waals surface area contributed by atoms with Gasteiger partial charge >= 0.3 is 0 Å². The first-order valence-corrected chi connectivity index (χ1v) is 19.2. The van der Waals surface area contributed by atoms with Crippen LogP contribution in [0.25, 0.3) is 0 Å². The molecule has 1 spiro atoms. The molecule has 3 aliphatic heterocycles. The molecule has 3 aliphatic rings. The molecule has 0 radical (unpaired) electrons. The molecule has 6 rings (SSSR count). The Bertz CT molecular complexity index is 1600. The zero-order valence-corrected chi connectivity index (χ0v) is 27.8. The van der Waals surface area contributed by atoms with E-state index in [-0.39, 0.29) is 37.3 Å². The predicted octanol–water partition coefficient (Wildman–Crippen LogP) is 4.57. The van der Waals surface area contributed by atoms with Gasteiger partial charge < -0.3 is 29.3 Å². The zero-order valence-electron chi connectivity index (χ0n) is 26.8. The Balaban J connectivity index is 1.40. The van der Waals surface area contributed by atoms with Gasteiger partial charge in [0.15, 0.2) is 13.9 Å². The largest absolute Gasteiger partial charge is 0.432 e. The maximum atomic E-state index is 14.8. The van der Waals surface area contributed by atoms with E-state index in [9.17, 15) is 24.3 Å². The molecule has 46 heavy (non-hydrogen) atoms. The highest BCUT2D eigenvalue weighted by Gasteiger charge is 2.66. The van der Waals surface area contributed by atoms with E-state index < -0.39 is 31.5 Å². The number of hydrogen-bond acceptors (Lipinski definition) is 6. The molecule has 0 aromatic heterocycles. The van der Waals surface area contributed by atoms with Crippen molar-refractivity contribution in [1.29, 1.82) is 0 Å². The van der Waals surface area contributed by atoms with Gasteiger partial charge in [-0.15, -0.1) is 0 Å². The van der Waals surface area contributed by atoms with Crippen molar-refractivity contribution in [3.05, 3.63) is 95.6 Å². The highest BCUT2D eigenvalue weighted by molar-refractivity contribution is 6.71. The van der Waals surface area contributed by atoms with E-state index in [4.69, 9.17) is 4.74 Å². The number of aliphatic hydroxyl groups excluding tert-OH is 1. The van der Waals surface area contributed by atoms with Crippen LogP contribution in [0, 0.1) is 5.92 Å². The van der Waals surface area contributed by atoms with Gasteiger partial charge in [-0.25, -0.2) is 0 Å². The first kappa shape index (κ1) is 32.1. The Morgan fingerprint density at radius 3 is 2.30 bits per heavy atom. The van der Waals surface area contributed by atoms with E-state index in [0.29, 0.717) is 37.3 Å². The van der Waals surface area contributed by atoms with Crippen LogP contribution in [0.3, 0.4) is 0 Å². The lowest BCUT2D eigenvalue weighted by Crippen LogP contribution is -2.46. The van der Waals surface area contributed by atoms with Crippen LogP contribution < -0.4 is 9.80 Å². The lowest BCUT2D eigenvalue weighted by atomic mass is 9.82. The fourth-order valence-electron chi connectivity index (χ4n) is 7.80. The maximum Gasteiger partial charge on any atom is 0.264 e. The number of fused-ring (bicyclic) bond motifs is 2. The molecule has 2 fully saturated rings. The third kappa shape index (κ3) is 5.79. The third-order valence-electron chi connectivity index (χ3n) is 9.85. The Morgan fingerprint density at radius 2 is 1.70 bits per heavy atom. The van der Waals surface area contributed by atoms with Crippen molar-refractivity contribution >= 4 is 37.4 Å². The number of benzene rings is 3. The number of ether oxygens (including phenoxy) is 1. The molecule has 3 aromatic carbocycles. The second-order valence-corrected chi connectivity index (χ2v) is 17.3. The summed E-state index contributed by atoms with van der Waals surface area (Å²) >= 11 is 0. The van der Waals surface area contributed by atoms with Crippen LogP contribution in [0.5, 0.6) is 0 Å². The van der Waals surface area contributed by atoms with Gasteiger partial charge in [-0.05, 0) is 48.8 Å². The van der Waals surface area contributed by atoms with Crippen LogP contribution in [-0.4, -0.2) is 66.6 Å². The summed E-state index contributed by atoms with van der Waals surface area (Å²) in [6.07, 6.45) is 0.498. The van der Waals surface area contributed by atoms with Gasteiger partial charge in [-0.3, -0.25) is 14.4 Å². The molecule has 242 valence electrons. The average Bonchev–Trinajstić information content (AvgIpc) is 3.66. The number of amides is 3. The number of carbonyl (C=O) groups is 3. The summed E-state index contributed by atoms with van der Waals surface area (Å²) < 4.78 is 6.93. The van der Waals surface area contributed by atoms with Crippen molar-refractivity contribution in [3.63, 3.8) is 0 Å². The van der Waals surface area contributed by atoms with Crippen molar-refractivity contribution in [2.75, 3.05) is 29.5 Å². The minimum absolute atomic E-state index is 0.0355. The lowest BCUT2D eigenvalue weighted by molar-refractivity contribution is -0.150. The molecule has 3 heterocycles. The van der Waals surface area contributed by atoms with Crippen LogP contribution in [0.1, 0.15) is 42.9 Å². The summed E-state index contributed by atoms with van der Waals surface area (Å²) in [7, 11) is -3.02. The quantitative estimate of drug-likeness (QED) is 0.314. The number of hydrogen-bond donors (Lipinski definition) is 2. The molecule has 2 saturated heterocycles. The molecule has 9 nitrogen and oxygen atoms in total. The predicted molar refractivity (Wildman–Crippen MR) is 178 cm³/mol. The molecule has 0 saturated carbocycles. The second kappa shape index (κ2) is 12.8. The number of aliphatic hydroxyl groups is 1. The summed E-state index contributed by atoms with van der Waals surface area (Å²) in [5.41, 5.74) is 2.14. The van der Waals surface area contributed by atoms with Gasteiger partial charge in [-0.1, -0.05) is 67.6 Å². The summed E-state index contributed by atoms with van der Waals surface area (Å²) in [4.78, 5) is 58.3. The Hall–Kier alpha value is -3.83. The molecule has 0 unspecified atom stereocenters. The first-order chi connectivity index (χ1) is 22.0. The van der Waals surface area contributed by atoms with Crippen LogP contribution in [-0.2, 0) is 37.8 Å². The summed E-state index contributed by atoms with van der Waals surface area (Å²) in [5, 5.41) is 9.81. The monoisotopic (exact) mass is 641 g/mol. The van der Waals surface area contributed by atoms with Crippen molar-refractivity contribution in [1.82, 2.24) is 4.90 Å². The zero-order chi connectivity index (χ0) is 32.6. The van der Waals surface area contributed by atoms with E-state index in [2.05, 4.69) is 0 Å². The summed E-state index contributed by atoms with van der Waals surface area (Å²) in [6, 6.07) is 25.1. The molecule has 3 aromatic rings. The highest BCUT2D eigenvalue weighted by atomic mass is 28.4. The van der Waals surface area contributed by atoms with E-state index in [1.165, 1.54) is 0 Å². The summed E-state index contributed by atoms with van der Waals surface area (Å²) in [5.74, 6) is -0.835. The van der Waals surface area contributed by atoms with E-state index >= 15 is 0 Å². The van der Waals surface area contributed by atoms with Crippen LogP contribution in [0.2, 0.25) is 18.6 Å². The van der Waals surface area contributed by atoms with E-state index in [0.717, 1.165) is 23.2 Å². The van der Waals surface area contributed by atoms with Gasteiger partial charge in [0, 0.05) is 48.8 Å². The van der Waals surface area contributed by atoms with Crippen molar-refractivity contribution in [2.24, 2.45) is 5.92 Å². The molecule has 3 amide bonds. The third-order valence-corrected chi connectivity index (χ3v) is 12.4.